The van der Waals surface area contributed by atoms with Crippen LogP contribution in [0.4, 0.5) is 0 Å². The van der Waals surface area contributed by atoms with E-state index in [1.54, 1.807) is 0 Å². The van der Waals surface area contributed by atoms with Crippen molar-refractivity contribution in [3.63, 3.8) is 0 Å². The third-order valence-corrected chi connectivity index (χ3v) is 3.33. The maximum atomic E-state index is 9.97. The zero-order valence-corrected chi connectivity index (χ0v) is 9.40. The van der Waals surface area contributed by atoms with E-state index < -0.39 is 11.9 Å². The lowest BCUT2D eigenvalue weighted by molar-refractivity contribution is -0.152. The molecule has 1 saturated heterocycles. The zero-order chi connectivity index (χ0) is 11.1. The molecule has 1 aliphatic heterocycles. The Hall–Kier alpha value is -0.540. The maximum absolute atomic E-state index is 9.97. The van der Waals surface area contributed by atoms with Crippen molar-refractivity contribution in [3.8, 4) is 5.40 Å². The molecule has 1 aliphatic carbocycles. The predicted octanol–water partition coefficient (Wildman–Crippen LogP) is 1.02. The Balaban J connectivity index is 2.14. The van der Waals surface area contributed by atoms with E-state index in [1.807, 2.05) is 31.4 Å². The van der Waals surface area contributed by atoms with E-state index in [9.17, 15) is 5.11 Å². The van der Waals surface area contributed by atoms with Gasteiger partial charge in [-0.3, -0.25) is 0 Å². The van der Waals surface area contributed by atoms with Crippen LogP contribution >= 0.6 is 11.8 Å². The molecule has 1 heterocycles. The SMILES string of the molecule is CC1(C)O[C@H]2[C@H](O)[C@@H](SC#N)C=C[C@H]2O1. The van der Waals surface area contributed by atoms with Crippen molar-refractivity contribution in [1.29, 1.82) is 5.26 Å². The number of nitrogens with zero attached hydrogens (tertiary/aromatic N) is 1. The summed E-state index contributed by atoms with van der Waals surface area (Å²) in [6.45, 7) is 3.64. The summed E-state index contributed by atoms with van der Waals surface area (Å²) >= 11 is 1.04. The molecule has 1 N–H and O–H groups in total. The molecular formula is C10H13NO3S. The normalized spacial score (nSPS) is 42.3. The summed E-state index contributed by atoms with van der Waals surface area (Å²) in [5, 5.41) is 20.3. The Bertz CT molecular complexity index is 323. The molecule has 0 saturated carbocycles. The quantitative estimate of drug-likeness (QED) is 0.535. The standard InChI is InChI=1S/C10H13NO3S/c1-10(2)13-6-3-4-7(15-5-11)8(12)9(6)14-10/h3-4,6-9,12H,1-2H3/t6-,7+,8-,9-/m1/s1. The summed E-state index contributed by atoms with van der Waals surface area (Å²) in [7, 11) is 0. The van der Waals surface area contributed by atoms with Crippen LogP contribution in [0.2, 0.25) is 0 Å². The molecule has 0 spiro atoms. The molecule has 0 amide bonds. The summed E-state index contributed by atoms with van der Waals surface area (Å²) in [5.74, 6) is -0.660. The van der Waals surface area contributed by atoms with E-state index in [2.05, 4.69) is 0 Å². The number of aliphatic hydroxyl groups excluding tert-OH is 1. The number of thioether (sulfide) groups is 1. The average molecular weight is 227 g/mol. The first kappa shape index (κ1) is 11.0. The minimum absolute atomic E-state index is 0.203. The topological polar surface area (TPSA) is 62.5 Å². The van der Waals surface area contributed by atoms with Crippen LogP contribution in [0.25, 0.3) is 0 Å². The largest absolute Gasteiger partial charge is 0.389 e. The first-order valence-corrected chi connectivity index (χ1v) is 5.68. The van der Waals surface area contributed by atoms with Crippen molar-refractivity contribution >= 4 is 11.8 Å². The number of hydrogen-bond acceptors (Lipinski definition) is 5. The van der Waals surface area contributed by atoms with Gasteiger partial charge >= 0.3 is 0 Å². The average Bonchev–Trinajstić information content (AvgIpc) is 2.46. The Morgan fingerprint density at radius 3 is 2.80 bits per heavy atom. The molecule has 0 aromatic heterocycles. The Morgan fingerprint density at radius 1 is 1.40 bits per heavy atom. The van der Waals surface area contributed by atoms with Crippen molar-refractivity contribution in [1.82, 2.24) is 0 Å². The van der Waals surface area contributed by atoms with E-state index >= 15 is 0 Å². The molecule has 0 aromatic rings. The van der Waals surface area contributed by atoms with Crippen LogP contribution in [0, 0.1) is 10.7 Å². The van der Waals surface area contributed by atoms with E-state index in [0.717, 1.165) is 11.8 Å². The van der Waals surface area contributed by atoms with Crippen LogP contribution < -0.4 is 0 Å². The van der Waals surface area contributed by atoms with Gasteiger partial charge in [-0.25, -0.2) is 0 Å². The van der Waals surface area contributed by atoms with Gasteiger partial charge in [-0.1, -0.05) is 12.2 Å². The second-order valence-electron chi connectivity index (χ2n) is 4.11. The van der Waals surface area contributed by atoms with Crippen molar-refractivity contribution in [2.75, 3.05) is 0 Å². The highest BCUT2D eigenvalue weighted by molar-refractivity contribution is 8.04. The smallest absolute Gasteiger partial charge is 0.164 e. The van der Waals surface area contributed by atoms with Gasteiger partial charge in [-0.2, -0.15) is 5.26 Å². The van der Waals surface area contributed by atoms with Gasteiger partial charge in [0.1, 0.15) is 17.6 Å². The minimum atomic E-state index is -0.688. The third kappa shape index (κ3) is 2.04. The molecule has 2 rings (SSSR count). The van der Waals surface area contributed by atoms with Gasteiger partial charge < -0.3 is 14.6 Å². The van der Waals surface area contributed by atoms with Gasteiger partial charge in [-0.15, -0.1) is 0 Å². The van der Waals surface area contributed by atoms with Crippen LogP contribution in [-0.4, -0.2) is 34.5 Å². The van der Waals surface area contributed by atoms with Gasteiger partial charge in [-0.05, 0) is 25.6 Å². The lowest BCUT2D eigenvalue weighted by Gasteiger charge is -2.28. The lowest BCUT2D eigenvalue weighted by Crippen LogP contribution is -2.43. The van der Waals surface area contributed by atoms with Gasteiger partial charge in [0.2, 0.25) is 0 Å². The highest BCUT2D eigenvalue weighted by Gasteiger charge is 2.47. The number of rotatable bonds is 1. The fourth-order valence-corrected chi connectivity index (χ4v) is 2.51. The number of thiocyanates is 1. The van der Waals surface area contributed by atoms with Gasteiger partial charge in [0, 0.05) is 0 Å². The molecule has 82 valence electrons. The third-order valence-electron chi connectivity index (χ3n) is 2.52. The molecule has 1 fully saturated rings. The fraction of sp³-hybridized carbons (Fsp3) is 0.700. The Morgan fingerprint density at radius 2 is 2.13 bits per heavy atom. The number of aliphatic hydroxyl groups is 1. The van der Waals surface area contributed by atoms with Crippen molar-refractivity contribution in [2.24, 2.45) is 0 Å². The number of fused-ring (bicyclic) bond motifs is 1. The van der Waals surface area contributed by atoms with Crippen molar-refractivity contribution in [2.45, 2.75) is 43.2 Å². The molecular weight excluding hydrogens is 214 g/mol. The molecule has 0 radical (unpaired) electrons. The van der Waals surface area contributed by atoms with Crippen molar-refractivity contribution < 1.29 is 14.6 Å². The van der Waals surface area contributed by atoms with Crippen LogP contribution in [0.15, 0.2) is 12.2 Å². The first-order valence-electron chi connectivity index (χ1n) is 4.80. The van der Waals surface area contributed by atoms with E-state index in [4.69, 9.17) is 14.7 Å². The number of ether oxygens (including phenoxy) is 2. The summed E-state index contributed by atoms with van der Waals surface area (Å²) in [5.41, 5.74) is 0. The molecule has 2 aliphatic rings. The molecule has 0 unspecified atom stereocenters. The monoisotopic (exact) mass is 227 g/mol. The summed E-state index contributed by atoms with van der Waals surface area (Å²) in [4.78, 5) is 0. The maximum Gasteiger partial charge on any atom is 0.164 e. The molecule has 15 heavy (non-hydrogen) atoms. The van der Waals surface area contributed by atoms with Crippen LogP contribution in [-0.2, 0) is 9.47 Å². The van der Waals surface area contributed by atoms with E-state index in [-0.39, 0.29) is 17.5 Å². The summed E-state index contributed by atoms with van der Waals surface area (Å²) < 4.78 is 11.2. The minimum Gasteiger partial charge on any atom is -0.389 e. The molecule has 5 heteroatoms. The second-order valence-corrected chi connectivity index (χ2v) is 5.08. The number of nitriles is 1. The Labute approximate surface area is 92.9 Å². The van der Waals surface area contributed by atoms with Crippen LogP contribution in [0.5, 0.6) is 0 Å². The summed E-state index contributed by atoms with van der Waals surface area (Å²) in [6.07, 6.45) is 2.42. The highest BCUT2D eigenvalue weighted by atomic mass is 32.2. The zero-order valence-electron chi connectivity index (χ0n) is 8.58. The van der Waals surface area contributed by atoms with Crippen molar-refractivity contribution in [3.05, 3.63) is 12.2 Å². The highest BCUT2D eigenvalue weighted by Crippen LogP contribution is 2.36. The van der Waals surface area contributed by atoms with E-state index in [1.165, 1.54) is 0 Å². The Kier molecular flexibility index (Phi) is 2.77. The van der Waals surface area contributed by atoms with Gasteiger partial charge in [0.15, 0.2) is 5.79 Å². The lowest BCUT2D eigenvalue weighted by atomic mass is 9.98. The molecule has 4 atom stereocenters. The predicted molar refractivity (Wildman–Crippen MR) is 56.0 cm³/mol. The summed E-state index contributed by atoms with van der Waals surface area (Å²) in [6, 6.07) is 0. The van der Waals surface area contributed by atoms with Gasteiger partial charge in [0.25, 0.3) is 0 Å². The molecule has 0 aromatic carbocycles. The van der Waals surface area contributed by atoms with Crippen LogP contribution in [0.1, 0.15) is 13.8 Å². The van der Waals surface area contributed by atoms with E-state index in [0.29, 0.717) is 0 Å². The van der Waals surface area contributed by atoms with Gasteiger partial charge in [0.05, 0.1) is 11.4 Å². The molecule has 4 nitrogen and oxygen atoms in total. The second kappa shape index (κ2) is 3.80. The fourth-order valence-electron chi connectivity index (χ4n) is 1.92. The van der Waals surface area contributed by atoms with Crippen LogP contribution in [0.3, 0.4) is 0 Å². The molecule has 0 bridgehead atoms. The number of hydrogen-bond donors (Lipinski definition) is 1. The first-order chi connectivity index (χ1) is 7.03.